The molecule has 27 heavy (non-hydrogen) atoms. The van der Waals surface area contributed by atoms with Crippen LogP contribution < -0.4 is 10.6 Å². The summed E-state index contributed by atoms with van der Waals surface area (Å²) in [7, 11) is 1.36. The Kier molecular flexibility index (Phi) is 5.66. The van der Waals surface area contributed by atoms with Crippen molar-refractivity contribution >= 4 is 29.0 Å². The van der Waals surface area contributed by atoms with Crippen molar-refractivity contribution in [2.75, 3.05) is 17.7 Å². The molecule has 0 saturated heterocycles. The quantitative estimate of drug-likeness (QED) is 0.609. The van der Waals surface area contributed by atoms with Crippen LogP contribution in [0.4, 0.5) is 23.0 Å². The van der Waals surface area contributed by atoms with Gasteiger partial charge in [-0.2, -0.15) is 0 Å². The van der Waals surface area contributed by atoms with E-state index in [1.165, 1.54) is 19.0 Å². The van der Waals surface area contributed by atoms with Gasteiger partial charge >= 0.3 is 5.97 Å². The predicted octanol–water partition coefficient (Wildman–Crippen LogP) is 4.87. The summed E-state index contributed by atoms with van der Waals surface area (Å²) in [4.78, 5) is 20.5. The summed E-state index contributed by atoms with van der Waals surface area (Å²) in [5.41, 5.74) is 3.28. The summed E-state index contributed by atoms with van der Waals surface area (Å²) < 4.78 is 4.83. The lowest BCUT2D eigenvalue weighted by Crippen LogP contribution is -2.06. The van der Waals surface area contributed by atoms with Gasteiger partial charge in [0.25, 0.3) is 0 Å². The molecule has 1 aromatic heterocycles. The van der Waals surface area contributed by atoms with Crippen LogP contribution in [-0.2, 0) is 4.74 Å². The van der Waals surface area contributed by atoms with E-state index in [2.05, 4.69) is 40.5 Å². The number of carbonyl (C=O) groups is 1. The molecule has 0 aliphatic carbocycles. The Morgan fingerprint density at radius 1 is 0.926 bits per heavy atom. The maximum atomic E-state index is 11.9. The van der Waals surface area contributed by atoms with E-state index >= 15 is 0 Å². The van der Waals surface area contributed by atoms with Gasteiger partial charge in [-0.1, -0.05) is 44.2 Å². The van der Waals surface area contributed by atoms with Crippen LogP contribution in [-0.4, -0.2) is 23.0 Å². The maximum Gasteiger partial charge on any atom is 0.339 e. The van der Waals surface area contributed by atoms with Gasteiger partial charge in [0, 0.05) is 11.8 Å². The monoisotopic (exact) mass is 362 g/mol. The first kappa shape index (κ1) is 18.4. The smallest absolute Gasteiger partial charge is 0.339 e. The van der Waals surface area contributed by atoms with E-state index < -0.39 is 5.97 Å². The lowest BCUT2D eigenvalue weighted by Gasteiger charge is -2.15. The molecule has 0 aliphatic rings. The van der Waals surface area contributed by atoms with Gasteiger partial charge in [-0.25, -0.2) is 14.8 Å². The molecule has 3 rings (SSSR count). The molecule has 138 valence electrons. The number of esters is 1. The van der Waals surface area contributed by atoms with Crippen LogP contribution in [0.3, 0.4) is 0 Å². The van der Waals surface area contributed by atoms with E-state index in [1.54, 1.807) is 24.3 Å². The van der Waals surface area contributed by atoms with E-state index in [1.807, 2.05) is 24.3 Å². The minimum absolute atomic E-state index is 0.389. The Labute approximate surface area is 158 Å². The molecule has 0 radical (unpaired) electrons. The van der Waals surface area contributed by atoms with Crippen molar-refractivity contribution in [1.29, 1.82) is 0 Å². The highest BCUT2D eigenvalue weighted by atomic mass is 16.5. The number of para-hydroxylation sites is 2. The molecule has 1 heterocycles. The average molecular weight is 362 g/mol. The van der Waals surface area contributed by atoms with E-state index in [0.717, 1.165) is 5.69 Å². The Morgan fingerprint density at radius 3 is 2.19 bits per heavy atom. The molecule has 0 bridgehead atoms. The molecule has 0 amide bonds. The first-order valence-electron chi connectivity index (χ1n) is 8.71. The second kappa shape index (κ2) is 8.31. The molecule has 0 fully saturated rings. The van der Waals surface area contributed by atoms with Crippen LogP contribution in [0.1, 0.15) is 35.7 Å². The maximum absolute atomic E-state index is 11.9. The molecular weight excluding hydrogens is 340 g/mol. The standard InChI is InChI=1S/C21H22N4O2/c1-14(2)15-8-4-6-10-17(15)24-19-12-20(23-13-22-19)25-18-11-7-5-9-16(18)21(26)27-3/h4-14H,1-3H3,(H2,22,23,24,25). The summed E-state index contributed by atoms with van der Waals surface area (Å²) in [5.74, 6) is 1.22. The SMILES string of the molecule is COC(=O)c1ccccc1Nc1cc(Nc2ccccc2C(C)C)ncn1. The van der Waals surface area contributed by atoms with Crippen LogP contribution in [0.15, 0.2) is 60.9 Å². The lowest BCUT2D eigenvalue weighted by molar-refractivity contribution is 0.0602. The fraction of sp³-hybridized carbons (Fsp3) is 0.190. The molecule has 2 aromatic carbocycles. The van der Waals surface area contributed by atoms with Crippen LogP contribution in [0.5, 0.6) is 0 Å². The summed E-state index contributed by atoms with van der Waals surface area (Å²) in [6.45, 7) is 4.30. The van der Waals surface area contributed by atoms with Crippen LogP contribution >= 0.6 is 0 Å². The summed E-state index contributed by atoms with van der Waals surface area (Å²) >= 11 is 0. The molecule has 6 nitrogen and oxygen atoms in total. The summed E-state index contributed by atoms with van der Waals surface area (Å²) in [5, 5.41) is 6.51. The van der Waals surface area contributed by atoms with Crippen molar-refractivity contribution in [3.05, 3.63) is 72.1 Å². The highest BCUT2D eigenvalue weighted by Gasteiger charge is 2.12. The average Bonchev–Trinajstić information content (AvgIpc) is 2.68. The molecule has 0 atom stereocenters. The van der Waals surface area contributed by atoms with Gasteiger partial charge in [0.2, 0.25) is 0 Å². The zero-order chi connectivity index (χ0) is 19.2. The number of methoxy groups -OCH3 is 1. The van der Waals surface area contributed by atoms with E-state index in [-0.39, 0.29) is 0 Å². The van der Waals surface area contributed by atoms with Crippen LogP contribution in [0.2, 0.25) is 0 Å². The van der Waals surface area contributed by atoms with Gasteiger partial charge in [0.15, 0.2) is 0 Å². The number of ether oxygens (including phenoxy) is 1. The topological polar surface area (TPSA) is 76.1 Å². The fourth-order valence-corrected chi connectivity index (χ4v) is 2.76. The van der Waals surface area contributed by atoms with E-state index in [0.29, 0.717) is 28.8 Å². The third-order valence-corrected chi connectivity index (χ3v) is 4.11. The normalized spacial score (nSPS) is 10.5. The second-order valence-electron chi connectivity index (χ2n) is 6.32. The Balaban J connectivity index is 1.85. The van der Waals surface area contributed by atoms with Gasteiger partial charge < -0.3 is 15.4 Å². The molecule has 3 aromatic rings. The number of hydrogen-bond donors (Lipinski definition) is 2. The molecular formula is C21H22N4O2. The van der Waals surface area contributed by atoms with Crippen molar-refractivity contribution in [2.24, 2.45) is 0 Å². The Bertz CT molecular complexity index is 941. The van der Waals surface area contributed by atoms with Crippen molar-refractivity contribution in [3.8, 4) is 0 Å². The van der Waals surface area contributed by atoms with Crippen molar-refractivity contribution in [1.82, 2.24) is 9.97 Å². The van der Waals surface area contributed by atoms with E-state index in [4.69, 9.17) is 4.74 Å². The van der Waals surface area contributed by atoms with Crippen molar-refractivity contribution in [2.45, 2.75) is 19.8 Å². The Hall–Kier alpha value is -3.41. The highest BCUT2D eigenvalue weighted by Crippen LogP contribution is 2.27. The van der Waals surface area contributed by atoms with Gasteiger partial charge in [0.05, 0.1) is 18.4 Å². The molecule has 0 aliphatic heterocycles. The van der Waals surface area contributed by atoms with Gasteiger partial charge in [-0.15, -0.1) is 0 Å². The number of aromatic nitrogens is 2. The van der Waals surface area contributed by atoms with Gasteiger partial charge in [0.1, 0.15) is 18.0 Å². The summed E-state index contributed by atoms with van der Waals surface area (Å²) in [6.07, 6.45) is 1.48. The van der Waals surface area contributed by atoms with E-state index in [9.17, 15) is 4.79 Å². The number of carbonyl (C=O) groups excluding carboxylic acids is 1. The zero-order valence-corrected chi connectivity index (χ0v) is 15.6. The molecule has 0 unspecified atom stereocenters. The second-order valence-corrected chi connectivity index (χ2v) is 6.32. The molecule has 6 heteroatoms. The number of rotatable bonds is 6. The Morgan fingerprint density at radius 2 is 1.52 bits per heavy atom. The largest absolute Gasteiger partial charge is 0.465 e. The predicted molar refractivity (Wildman–Crippen MR) is 107 cm³/mol. The fourth-order valence-electron chi connectivity index (χ4n) is 2.76. The number of benzene rings is 2. The van der Waals surface area contributed by atoms with Gasteiger partial charge in [-0.05, 0) is 29.7 Å². The summed E-state index contributed by atoms with van der Waals surface area (Å²) in [6, 6.07) is 17.1. The first-order chi connectivity index (χ1) is 13.1. The molecule has 0 saturated carbocycles. The van der Waals surface area contributed by atoms with Crippen LogP contribution in [0.25, 0.3) is 0 Å². The third-order valence-electron chi connectivity index (χ3n) is 4.11. The van der Waals surface area contributed by atoms with Gasteiger partial charge in [-0.3, -0.25) is 0 Å². The minimum Gasteiger partial charge on any atom is -0.465 e. The number of nitrogens with zero attached hydrogens (tertiary/aromatic N) is 2. The van der Waals surface area contributed by atoms with Crippen molar-refractivity contribution in [3.63, 3.8) is 0 Å². The first-order valence-corrected chi connectivity index (χ1v) is 8.71. The highest BCUT2D eigenvalue weighted by molar-refractivity contribution is 5.96. The lowest BCUT2D eigenvalue weighted by atomic mass is 10.0. The van der Waals surface area contributed by atoms with Crippen molar-refractivity contribution < 1.29 is 9.53 Å². The zero-order valence-electron chi connectivity index (χ0n) is 15.6. The number of anilines is 4. The third kappa shape index (κ3) is 4.41. The molecule has 2 N–H and O–H groups in total. The minimum atomic E-state index is -0.406. The number of nitrogens with one attached hydrogen (secondary N) is 2. The van der Waals surface area contributed by atoms with Crippen LogP contribution in [0, 0.1) is 0 Å². The molecule has 0 spiro atoms. The number of hydrogen-bond acceptors (Lipinski definition) is 6.